The number of sulfonamides is 1. The maximum atomic E-state index is 13.2. The lowest BCUT2D eigenvalue weighted by atomic mass is 10.0. The zero-order valence-corrected chi connectivity index (χ0v) is 19.5. The van der Waals surface area contributed by atoms with Gasteiger partial charge in [0.25, 0.3) is 0 Å². The maximum Gasteiger partial charge on any atom is 0.242 e. The number of amides is 1. The third-order valence-corrected chi connectivity index (χ3v) is 6.91. The van der Waals surface area contributed by atoms with Gasteiger partial charge in [-0.3, -0.25) is 4.79 Å². The van der Waals surface area contributed by atoms with E-state index >= 15 is 0 Å². The number of methoxy groups -OCH3 is 1. The number of aryl methyl sites for hydroxylation is 2. The fraction of sp³-hybridized carbons (Fsp3) is 0.240. The van der Waals surface area contributed by atoms with E-state index in [2.05, 4.69) is 10.0 Å². The van der Waals surface area contributed by atoms with Crippen molar-refractivity contribution in [2.24, 2.45) is 0 Å². The molecule has 0 saturated heterocycles. The van der Waals surface area contributed by atoms with E-state index in [1.807, 2.05) is 56.3 Å². The molecule has 1 atom stereocenters. The van der Waals surface area contributed by atoms with Gasteiger partial charge in [-0.2, -0.15) is 4.72 Å². The van der Waals surface area contributed by atoms with Crippen LogP contribution in [0.1, 0.15) is 22.3 Å². The summed E-state index contributed by atoms with van der Waals surface area (Å²) in [5.74, 6) is 0.175. The van der Waals surface area contributed by atoms with Crippen molar-refractivity contribution in [2.45, 2.75) is 38.1 Å². The zero-order chi connectivity index (χ0) is 23.3. The van der Waals surface area contributed by atoms with Gasteiger partial charge in [-0.15, -0.1) is 0 Å². The second-order valence-corrected chi connectivity index (χ2v) is 9.45. The van der Waals surface area contributed by atoms with Gasteiger partial charge in [0, 0.05) is 5.69 Å². The van der Waals surface area contributed by atoms with Crippen molar-refractivity contribution in [3.63, 3.8) is 0 Å². The van der Waals surface area contributed by atoms with Gasteiger partial charge in [0.2, 0.25) is 15.9 Å². The number of carbonyl (C=O) groups excluding carboxylic acids is 1. The van der Waals surface area contributed by atoms with E-state index in [9.17, 15) is 13.2 Å². The van der Waals surface area contributed by atoms with Crippen LogP contribution in [0.25, 0.3) is 0 Å². The van der Waals surface area contributed by atoms with Gasteiger partial charge in [0.1, 0.15) is 11.8 Å². The number of carbonyl (C=O) groups is 1. The highest BCUT2D eigenvalue weighted by atomic mass is 32.2. The lowest BCUT2D eigenvalue weighted by Gasteiger charge is -2.20. The lowest BCUT2D eigenvalue weighted by Crippen LogP contribution is -2.45. The van der Waals surface area contributed by atoms with Crippen molar-refractivity contribution < 1.29 is 17.9 Å². The number of nitrogens with one attached hydrogen (secondary N) is 2. The molecule has 1 amide bonds. The van der Waals surface area contributed by atoms with E-state index in [1.54, 1.807) is 19.1 Å². The van der Waals surface area contributed by atoms with Crippen LogP contribution < -0.4 is 14.8 Å². The summed E-state index contributed by atoms with van der Waals surface area (Å²) in [7, 11) is -2.42. The molecule has 168 valence electrons. The minimum Gasteiger partial charge on any atom is -0.496 e. The number of anilines is 1. The van der Waals surface area contributed by atoms with Crippen LogP contribution >= 0.6 is 0 Å². The Kier molecular flexibility index (Phi) is 7.33. The van der Waals surface area contributed by atoms with Gasteiger partial charge in [-0.25, -0.2) is 8.42 Å². The van der Waals surface area contributed by atoms with Gasteiger partial charge in [-0.1, -0.05) is 42.5 Å². The molecule has 6 nitrogen and oxygen atoms in total. The minimum absolute atomic E-state index is 0.0772. The standard InChI is InChI=1S/C25H28N2O4S/c1-17-9-8-12-22(19(17)3)26-25(28)23(16-20-10-6-5-7-11-20)27-32(29,30)21-13-14-24(31-4)18(2)15-21/h5-15,23,27H,16H2,1-4H3,(H,26,28)/t23-/m0/s1. The van der Waals surface area contributed by atoms with Crippen LogP contribution in [0, 0.1) is 20.8 Å². The molecular weight excluding hydrogens is 424 g/mol. The Morgan fingerprint density at radius 1 is 0.938 bits per heavy atom. The molecule has 0 fully saturated rings. The van der Waals surface area contributed by atoms with Gasteiger partial charge >= 0.3 is 0 Å². The Morgan fingerprint density at radius 2 is 1.66 bits per heavy atom. The Morgan fingerprint density at radius 3 is 2.31 bits per heavy atom. The Hall–Kier alpha value is -3.16. The molecule has 3 aromatic rings. The van der Waals surface area contributed by atoms with Crippen LogP contribution in [0.5, 0.6) is 5.75 Å². The highest BCUT2D eigenvalue weighted by Crippen LogP contribution is 2.22. The predicted octanol–water partition coefficient (Wildman–Crippen LogP) is 4.15. The molecule has 0 saturated carbocycles. The molecule has 0 bridgehead atoms. The van der Waals surface area contributed by atoms with E-state index in [1.165, 1.54) is 19.2 Å². The first-order valence-electron chi connectivity index (χ1n) is 10.3. The molecule has 0 aliphatic heterocycles. The molecule has 32 heavy (non-hydrogen) atoms. The molecule has 0 heterocycles. The number of hydrogen-bond donors (Lipinski definition) is 2. The highest BCUT2D eigenvalue weighted by molar-refractivity contribution is 7.89. The summed E-state index contributed by atoms with van der Waals surface area (Å²) >= 11 is 0. The van der Waals surface area contributed by atoms with Gasteiger partial charge in [-0.05, 0) is 73.7 Å². The quantitative estimate of drug-likeness (QED) is 0.538. The molecular formula is C25H28N2O4S. The summed E-state index contributed by atoms with van der Waals surface area (Å²) in [5, 5.41) is 2.89. The average molecular weight is 453 g/mol. The molecule has 3 aromatic carbocycles. The fourth-order valence-corrected chi connectivity index (χ4v) is 4.70. The highest BCUT2D eigenvalue weighted by Gasteiger charge is 2.27. The van der Waals surface area contributed by atoms with Gasteiger partial charge in [0.05, 0.1) is 12.0 Å². The van der Waals surface area contributed by atoms with E-state index < -0.39 is 22.0 Å². The smallest absolute Gasteiger partial charge is 0.242 e. The van der Waals surface area contributed by atoms with Crippen molar-refractivity contribution in [1.82, 2.24) is 4.72 Å². The molecule has 0 aliphatic carbocycles. The van der Waals surface area contributed by atoms with Crippen molar-refractivity contribution >= 4 is 21.6 Å². The molecule has 7 heteroatoms. The first-order valence-corrected chi connectivity index (χ1v) is 11.8. The number of benzene rings is 3. The molecule has 0 radical (unpaired) electrons. The zero-order valence-electron chi connectivity index (χ0n) is 18.7. The Bertz CT molecular complexity index is 1210. The van der Waals surface area contributed by atoms with Crippen LogP contribution in [0.3, 0.4) is 0 Å². The predicted molar refractivity (Wildman–Crippen MR) is 127 cm³/mol. The number of rotatable bonds is 8. The lowest BCUT2D eigenvalue weighted by molar-refractivity contribution is -0.117. The Balaban J connectivity index is 1.90. The minimum atomic E-state index is -3.95. The van der Waals surface area contributed by atoms with E-state index in [-0.39, 0.29) is 11.3 Å². The van der Waals surface area contributed by atoms with Crippen LogP contribution in [0.4, 0.5) is 5.69 Å². The molecule has 0 unspecified atom stereocenters. The monoisotopic (exact) mass is 452 g/mol. The molecule has 0 spiro atoms. The van der Waals surface area contributed by atoms with Gasteiger partial charge < -0.3 is 10.1 Å². The second-order valence-electron chi connectivity index (χ2n) is 7.73. The van der Waals surface area contributed by atoms with Crippen LogP contribution in [0.2, 0.25) is 0 Å². The topological polar surface area (TPSA) is 84.5 Å². The first-order chi connectivity index (χ1) is 15.2. The third-order valence-electron chi connectivity index (χ3n) is 5.44. The molecule has 2 N–H and O–H groups in total. The summed E-state index contributed by atoms with van der Waals surface area (Å²) in [4.78, 5) is 13.3. The van der Waals surface area contributed by atoms with Crippen molar-refractivity contribution in [3.05, 3.63) is 89.0 Å². The van der Waals surface area contributed by atoms with E-state index in [0.717, 1.165) is 16.7 Å². The van der Waals surface area contributed by atoms with E-state index in [0.29, 0.717) is 17.0 Å². The fourth-order valence-electron chi connectivity index (χ4n) is 3.42. The summed E-state index contributed by atoms with van der Waals surface area (Å²) < 4.78 is 34.1. The van der Waals surface area contributed by atoms with Crippen molar-refractivity contribution in [2.75, 3.05) is 12.4 Å². The molecule has 0 aromatic heterocycles. The molecule has 3 rings (SSSR count). The Labute approximate surface area is 189 Å². The van der Waals surface area contributed by atoms with Crippen LogP contribution in [0.15, 0.2) is 71.6 Å². The third kappa shape index (κ3) is 5.55. The van der Waals surface area contributed by atoms with Crippen LogP contribution in [-0.4, -0.2) is 27.5 Å². The second kappa shape index (κ2) is 9.97. The average Bonchev–Trinajstić information content (AvgIpc) is 2.77. The normalized spacial score (nSPS) is 12.2. The van der Waals surface area contributed by atoms with Gasteiger partial charge in [0.15, 0.2) is 0 Å². The SMILES string of the molecule is COc1ccc(S(=O)(=O)N[C@@H](Cc2ccccc2)C(=O)Nc2cccc(C)c2C)cc1C. The molecule has 0 aliphatic rings. The maximum absolute atomic E-state index is 13.2. The first kappa shape index (κ1) is 23.5. The van der Waals surface area contributed by atoms with Crippen LogP contribution in [-0.2, 0) is 21.2 Å². The van der Waals surface area contributed by atoms with E-state index in [4.69, 9.17) is 4.74 Å². The summed E-state index contributed by atoms with van der Waals surface area (Å²) in [6.45, 7) is 5.65. The largest absolute Gasteiger partial charge is 0.496 e. The summed E-state index contributed by atoms with van der Waals surface area (Å²) in [5.41, 5.74) is 4.18. The summed E-state index contributed by atoms with van der Waals surface area (Å²) in [6.07, 6.45) is 0.214. The van der Waals surface area contributed by atoms with Crippen molar-refractivity contribution in [3.8, 4) is 5.75 Å². The number of hydrogen-bond acceptors (Lipinski definition) is 4. The van der Waals surface area contributed by atoms with Crippen molar-refractivity contribution in [1.29, 1.82) is 0 Å². The summed E-state index contributed by atoms with van der Waals surface area (Å²) in [6, 6.07) is 18.5. The number of ether oxygens (including phenoxy) is 1.